The Bertz CT molecular complexity index is 753. The van der Waals surface area contributed by atoms with Crippen LogP contribution >= 0.6 is 0 Å². The summed E-state index contributed by atoms with van der Waals surface area (Å²) in [6.45, 7) is 0.355. The molecule has 0 aromatic heterocycles. The second-order valence-electron chi connectivity index (χ2n) is 6.16. The summed E-state index contributed by atoms with van der Waals surface area (Å²) in [5.41, 5.74) is 1.30. The van der Waals surface area contributed by atoms with Crippen LogP contribution in [0.3, 0.4) is 0 Å². The molecule has 6 nitrogen and oxygen atoms in total. The number of nitrogens with zero attached hydrogens (tertiary/aromatic N) is 1. The minimum absolute atomic E-state index is 0.100. The number of methoxy groups -OCH3 is 3. The van der Waals surface area contributed by atoms with Gasteiger partial charge in [-0.2, -0.15) is 0 Å². The van der Waals surface area contributed by atoms with Crippen molar-refractivity contribution in [1.82, 2.24) is 10.2 Å². The number of carbonyl (C=O) groups excluding carboxylic acids is 1. The zero-order valence-electron chi connectivity index (χ0n) is 16.2. The van der Waals surface area contributed by atoms with Gasteiger partial charge in [0.1, 0.15) is 5.82 Å². The van der Waals surface area contributed by atoms with Gasteiger partial charge in [-0.3, -0.25) is 4.79 Å². The number of hydrogen-bond donors (Lipinski definition) is 1. The molecule has 7 heteroatoms. The largest absolute Gasteiger partial charge is 0.493 e. The molecule has 0 spiro atoms. The van der Waals surface area contributed by atoms with Gasteiger partial charge in [0.2, 0.25) is 5.75 Å². The monoisotopic (exact) mass is 376 g/mol. The lowest BCUT2D eigenvalue weighted by Crippen LogP contribution is -2.34. The molecule has 1 unspecified atom stereocenters. The zero-order valence-corrected chi connectivity index (χ0v) is 16.2. The van der Waals surface area contributed by atoms with Gasteiger partial charge in [-0.05, 0) is 43.9 Å². The summed E-state index contributed by atoms with van der Waals surface area (Å²) in [5, 5.41) is 2.91. The number of halogens is 1. The molecule has 27 heavy (non-hydrogen) atoms. The number of likely N-dealkylation sites (N-methyl/N-ethyl adjacent to an activating group) is 1. The summed E-state index contributed by atoms with van der Waals surface area (Å²) in [4.78, 5) is 14.6. The lowest BCUT2D eigenvalue weighted by molar-refractivity contribution is 0.0941. The fourth-order valence-corrected chi connectivity index (χ4v) is 2.79. The van der Waals surface area contributed by atoms with Gasteiger partial charge in [0.15, 0.2) is 11.5 Å². The fraction of sp³-hybridized carbons (Fsp3) is 0.350. The van der Waals surface area contributed by atoms with Gasteiger partial charge >= 0.3 is 0 Å². The molecule has 0 fully saturated rings. The average Bonchev–Trinajstić information content (AvgIpc) is 2.67. The highest BCUT2D eigenvalue weighted by Crippen LogP contribution is 2.38. The van der Waals surface area contributed by atoms with Crippen LogP contribution < -0.4 is 19.5 Å². The van der Waals surface area contributed by atoms with Crippen LogP contribution in [-0.2, 0) is 0 Å². The van der Waals surface area contributed by atoms with Crippen molar-refractivity contribution in [3.63, 3.8) is 0 Å². The van der Waals surface area contributed by atoms with Gasteiger partial charge in [-0.15, -0.1) is 0 Å². The molecule has 0 aliphatic heterocycles. The maximum absolute atomic E-state index is 13.2. The highest BCUT2D eigenvalue weighted by Gasteiger charge is 2.19. The number of benzene rings is 2. The molecule has 0 radical (unpaired) electrons. The van der Waals surface area contributed by atoms with Gasteiger partial charge < -0.3 is 24.4 Å². The first kappa shape index (κ1) is 20.5. The first-order valence-electron chi connectivity index (χ1n) is 8.41. The lowest BCUT2D eigenvalue weighted by atomic mass is 10.1. The van der Waals surface area contributed by atoms with Crippen LogP contribution in [-0.4, -0.2) is 52.8 Å². The second-order valence-corrected chi connectivity index (χ2v) is 6.16. The third-order valence-electron chi connectivity index (χ3n) is 4.26. The predicted octanol–water partition coefficient (Wildman–Crippen LogP) is 2.88. The van der Waals surface area contributed by atoms with Crippen molar-refractivity contribution in [3.05, 3.63) is 53.3 Å². The van der Waals surface area contributed by atoms with Gasteiger partial charge in [-0.25, -0.2) is 4.39 Å². The van der Waals surface area contributed by atoms with Crippen LogP contribution in [0.25, 0.3) is 0 Å². The van der Waals surface area contributed by atoms with E-state index in [1.165, 1.54) is 33.5 Å². The molecule has 146 valence electrons. The van der Waals surface area contributed by atoms with Crippen molar-refractivity contribution in [3.8, 4) is 17.2 Å². The van der Waals surface area contributed by atoms with E-state index in [4.69, 9.17) is 14.2 Å². The topological polar surface area (TPSA) is 60.0 Å². The van der Waals surface area contributed by atoms with Crippen molar-refractivity contribution >= 4 is 5.91 Å². The molecule has 0 heterocycles. The molecule has 0 aliphatic carbocycles. The minimum Gasteiger partial charge on any atom is -0.493 e. The first-order chi connectivity index (χ1) is 12.9. The normalized spacial score (nSPS) is 11.8. The summed E-state index contributed by atoms with van der Waals surface area (Å²) < 4.78 is 29.0. The zero-order chi connectivity index (χ0) is 20.0. The molecule has 0 saturated heterocycles. The number of nitrogens with one attached hydrogen (secondary N) is 1. The van der Waals surface area contributed by atoms with E-state index in [0.717, 1.165) is 5.56 Å². The van der Waals surface area contributed by atoms with E-state index in [0.29, 0.717) is 29.4 Å². The number of ether oxygens (including phenoxy) is 3. The summed E-state index contributed by atoms with van der Waals surface area (Å²) >= 11 is 0. The molecular weight excluding hydrogens is 351 g/mol. The Morgan fingerprint density at radius 3 is 2.04 bits per heavy atom. The molecule has 2 aromatic rings. The number of carbonyl (C=O) groups is 1. The Hall–Kier alpha value is -2.80. The third-order valence-corrected chi connectivity index (χ3v) is 4.26. The van der Waals surface area contributed by atoms with E-state index in [1.54, 1.807) is 24.3 Å². The van der Waals surface area contributed by atoms with Crippen molar-refractivity contribution in [1.29, 1.82) is 0 Å². The van der Waals surface area contributed by atoms with Crippen molar-refractivity contribution < 1.29 is 23.4 Å². The summed E-state index contributed by atoms with van der Waals surface area (Å²) in [6.07, 6.45) is 0. The Labute approximate surface area is 158 Å². The molecule has 1 N–H and O–H groups in total. The van der Waals surface area contributed by atoms with Gasteiger partial charge in [0.05, 0.1) is 27.4 Å². The Morgan fingerprint density at radius 1 is 1.04 bits per heavy atom. The van der Waals surface area contributed by atoms with Crippen LogP contribution in [0.5, 0.6) is 17.2 Å². The minimum atomic E-state index is -0.294. The molecule has 0 saturated carbocycles. The van der Waals surface area contributed by atoms with E-state index in [1.807, 2.05) is 19.0 Å². The number of hydrogen-bond acceptors (Lipinski definition) is 5. The molecular formula is C20H25FN2O4. The Morgan fingerprint density at radius 2 is 1.59 bits per heavy atom. The van der Waals surface area contributed by atoms with E-state index in [2.05, 4.69) is 5.32 Å². The van der Waals surface area contributed by atoms with E-state index in [-0.39, 0.29) is 17.8 Å². The van der Waals surface area contributed by atoms with E-state index < -0.39 is 0 Å². The molecule has 2 aromatic carbocycles. The molecule has 0 aliphatic rings. The predicted molar refractivity (Wildman–Crippen MR) is 101 cm³/mol. The molecule has 0 bridgehead atoms. The van der Waals surface area contributed by atoms with Crippen molar-refractivity contribution in [2.75, 3.05) is 42.0 Å². The van der Waals surface area contributed by atoms with Gasteiger partial charge in [-0.1, -0.05) is 12.1 Å². The smallest absolute Gasteiger partial charge is 0.251 e. The summed E-state index contributed by atoms with van der Waals surface area (Å²) in [6, 6.07) is 9.34. The third kappa shape index (κ3) is 4.89. The van der Waals surface area contributed by atoms with Crippen LogP contribution in [0.1, 0.15) is 22.0 Å². The van der Waals surface area contributed by atoms with Gasteiger partial charge in [0.25, 0.3) is 5.91 Å². The van der Waals surface area contributed by atoms with Crippen molar-refractivity contribution in [2.45, 2.75) is 6.04 Å². The highest BCUT2D eigenvalue weighted by atomic mass is 19.1. The highest BCUT2D eigenvalue weighted by molar-refractivity contribution is 5.95. The van der Waals surface area contributed by atoms with Gasteiger partial charge in [0, 0.05) is 12.1 Å². The molecule has 2 rings (SSSR count). The lowest BCUT2D eigenvalue weighted by Gasteiger charge is -2.25. The maximum atomic E-state index is 13.2. The van der Waals surface area contributed by atoms with Crippen LogP contribution in [0.2, 0.25) is 0 Å². The Kier molecular flexibility index (Phi) is 7.01. The summed E-state index contributed by atoms with van der Waals surface area (Å²) in [5.74, 6) is 0.671. The summed E-state index contributed by atoms with van der Waals surface area (Å²) in [7, 11) is 8.30. The fourth-order valence-electron chi connectivity index (χ4n) is 2.79. The first-order valence-corrected chi connectivity index (χ1v) is 8.41. The quantitative estimate of drug-likeness (QED) is 0.768. The van der Waals surface area contributed by atoms with Crippen LogP contribution in [0, 0.1) is 5.82 Å². The molecule has 1 amide bonds. The molecule has 1 atom stereocenters. The van der Waals surface area contributed by atoms with Crippen LogP contribution in [0.4, 0.5) is 4.39 Å². The SMILES string of the molecule is COc1cc(C(=O)NCC(c2ccc(F)cc2)N(C)C)cc(OC)c1OC. The van der Waals surface area contributed by atoms with E-state index >= 15 is 0 Å². The Balaban J connectivity index is 2.19. The standard InChI is InChI=1S/C20H25FN2O4/c1-23(2)16(13-6-8-15(21)9-7-13)12-22-20(24)14-10-17(25-3)19(27-5)18(11-14)26-4/h6-11,16H,12H2,1-5H3,(H,22,24). The number of amides is 1. The van der Waals surface area contributed by atoms with Crippen LogP contribution in [0.15, 0.2) is 36.4 Å². The average molecular weight is 376 g/mol. The second kappa shape index (κ2) is 9.23. The maximum Gasteiger partial charge on any atom is 0.251 e. The number of rotatable bonds is 8. The van der Waals surface area contributed by atoms with Crippen molar-refractivity contribution in [2.24, 2.45) is 0 Å². The van der Waals surface area contributed by atoms with E-state index in [9.17, 15) is 9.18 Å².